The number of hydrogen-bond donors (Lipinski definition) is 1. The summed E-state index contributed by atoms with van der Waals surface area (Å²) in [5, 5.41) is 3.41. The highest BCUT2D eigenvalue weighted by Crippen LogP contribution is 2.40. The first-order valence-electron chi connectivity index (χ1n) is 7.88. The fraction of sp³-hybridized carbons (Fsp3) is 0.444. The molecule has 1 aliphatic carbocycles. The van der Waals surface area contributed by atoms with Gasteiger partial charge in [0.2, 0.25) is 0 Å². The van der Waals surface area contributed by atoms with Crippen LogP contribution in [-0.4, -0.2) is 10.9 Å². The molecule has 0 bridgehead atoms. The van der Waals surface area contributed by atoms with E-state index in [-0.39, 0.29) is 11.3 Å². The predicted molar refractivity (Wildman–Crippen MR) is 91.4 cm³/mol. The molecule has 0 spiro atoms. The van der Waals surface area contributed by atoms with E-state index < -0.39 is 5.82 Å². The number of thiazole rings is 1. The summed E-state index contributed by atoms with van der Waals surface area (Å²) in [4.78, 5) is 18.0. The Bertz CT molecular complexity index is 733. The number of hydrogen-bond acceptors (Lipinski definition) is 3. The van der Waals surface area contributed by atoms with Gasteiger partial charge in [-0.3, -0.25) is 10.1 Å². The number of carbonyl (C=O) groups excluding carboxylic acids is 1. The van der Waals surface area contributed by atoms with Crippen molar-refractivity contribution in [1.82, 2.24) is 4.98 Å². The van der Waals surface area contributed by atoms with Crippen LogP contribution in [0.15, 0.2) is 24.3 Å². The quantitative estimate of drug-likeness (QED) is 0.867. The average molecular weight is 332 g/mol. The van der Waals surface area contributed by atoms with Gasteiger partial charge in [0.05, 0.1) is 5.69 Å². The van der Waals surface area contributed by atoms with Crippen LogP contribution < -0.4 is 5.32 Å². The Labute approximate surface area is 140 Å². The van der Waals surface area contributed by atoms with Crippen LogP contribution in [0.25, 0.3) is 0 Å². The monoisotopic (exact) mass is 332 g/mol. The van der Waals surface area contributed by atoms with Gasteiger partial charge in [-0.2, -0.15) is 0 Å². The van der Waals surface area contributed by atoms with E-state index in [0.29, 0.717) is 16.6 Å². The van der Waals surface area contributed by atoms with Crippen molar-refractivity contribution >= 4 is 22.4 Å². The second-order valence-corrected chi connectivity index (χ2v) is 8.24. The molecule has 1 atom stereocenters. The Morgan fingerprint density at radius 2 is 2.17 bits per heavy atom. The third kappa shape index (κ3) is 3.61. The molecule has 0 saturated heterocycles. The summed E-state index contributed by atoms with van der Waals surface area (Å²) in [5.41, 5.74) is 1.70. The van der Waals surface area contributed by atoms with Crippen LogP contribution in [0.2, 0.25) is 0 Å². The molecular weight excluding hydrogens is 311 g/mol. The fourth-order valence-corrected chi connectivity index (χ4v) is 4.05. The van der Waals surface area contributed by atoms with Gasteiger partial charge in [0.25, 0.3) is 5.91 Å². The molecule has 1 aliphatic rings. The normalized spacial score (nSPS) is 17.7. The first-order valence-corrected chi connectivity index (χ1v) is 8.70. The van der Waals surface area contributed by atoms with E-state index >= 15 is 0 Å². The average Bonchev–Trinajstić information content (AvgIpc) is 2.87. The van der Waals surface area contributed by atoms with Crippen molar-refractivity contribution in [3.05, 3.63) is 46.2 Å². The molecule has 2 aromatic rings. The molecule has 122 valence electrons. The summed E-state index contributed by atoms with van der Waals surface area (Å²) in [6, 6.07) is 5.69. The van der Waals surface area contributed by atoms with E-state index in [2.05, 4.69) is 31.1 Å². The van der Waals surface area contributed by atoms with E-state index in [1.807, 2.05) is 0 Å². The highest BCUT2D eigenvalue weighted by molar-refractivity contribution is 7.15. The standard InChI is InChI=1S/C18H21FN2OS/c1-18(2,3)12-7-8-14-15(10-12)23-17(20-14)21-16(22)11-5-4-6-13(19)9-11/h4-6,9,12H,7-8,10H2,1-3H3,(H,20,21,22). The Morgan fingerprint density at radius 3 is 2.87 bits per heavy atom. The number of nitrogens with zero attached hydrogens (tertiary/aromatic N) is 1. The van der Waals surface area contributed by atoms with Gasteiger partial charge in [-0.15, -0.1) is 11.3 Å². The molecule has 1 aromatic carbocycles. The van der Waals surface area contributed by atoms with Gasteiger partial charge in [0.1, 0.15) is 5.82 Å². The number of fused-ring (bicyclic) bond motifs is 1. The Balaban J connectivity index is 1.74. The second kappa shape index (κ2) is 6.04. The van der Waals surface area contributed by atoms with Gasteiger partial charge in [-0.05, 0) is 48.8 Å². The maximum absolute atomic E-state index is 13.2. The van der Waals surface area contributed by atoms with Crippen molar-refractivity contribution in [2.75, 3.05) is 5.32 Å². The third-order valence-corrected chi connectivity index (χ3v) is 5.51. The number of amides is 1. The topological polar surface area (TPSA) is 42.0 Å². The van der Waals surface area contributed by atoms with Gasteiger partial charge in [-0.1, -0.05) is 26.8 Å². The van der Waals surface area contributed by atoms with Crippen LogP contribution >= 0.6 is 11.3 Å². The lowest BCUT2D eigenvalue weighted by atomic mass is 9.73. The largest absolute Gasteiger partial charge is 0.298 e. The summed E-state index contributed by atoms with van der Waals surface area (Å²) < 4.78 is 13.2. The van der Waals surface area contributed by atoms with Crippen LogP contribution in [0.5, 0.6) is 0 Å². The predicted octanol–water partition coefficient (Wildman–Crippen LogP) is 4.69. The fourth-order valence-electron chi connectivity index (χ4n) is 2.97. The molecule has 1 amide bonds. The zero-order valence-electron chi connectivity index (χ0n) is 13.6. The van der Waals surface area contributed by atoms with Crippen LogP contribution in [0.3, 0.4) is 0 Å². The Kier molecular flexibility index (Phi) is 4.23. The van der Waals surface area contributed by atoms with Gasteiger partial charge in [-0.25, -0.2) is 9.37 Å². The number of rotatable bonds is 2. The zero-order chi connectivity index (χ0) is 16.6. The molecular formula is C18H21FN2OS. The molecule has 0 saturated carbocycles. The van der Waals surface area contributed by atoms with E-state index in [0.717, 1.165) is 25.0 Å². The van der Waals surface area contributed by atoms with Crippen molar-refractivity contribution in [3.8, 4) is 0 Å². The molecule has 1 aromatic heterocycles. The maximum atomic E-state index is 13.2. The molecule has 0 fully saturated rings. The van der Waals surface area contributed by atoms with Gasteiger partial charge >= 0.3 is 0 Å². The van der Waals surface area contributed by atoms with Crippen LogP contribution in [-0.2, 0) is 12.8 Å². The van der Waals surface area contributed by atoms with E-state index in [1.54, 1.807) is 17.4 Å². The lowest BCUT2D eigenvalue weighted by Gasteiger charge is -2.33. The number of halogens is 1. The lowest BCUT2D eigenvalue weighted by Crippen LogP contribution is -2.26. The Morgan fingerprint density at radius 1 is 1.39 bits per heavy atom. The second-order valence-electron chi connectivity index (χ2n) is 7.16. The maximum Gasteiger partial charge on any atom is 0.257 e. The summed E-state index contributed by atoms with van der Waals surface area (Å²) in [6.45, 7) is 6.82. The molecule has 3 rings (SSSR count). The van der Waals surface area contributed by atoms with Gasteiger partial charge in [0, 0.05) is 10.4 Å². The van der Waals surface area contributed by atoms with E-state index in [1.165, 1.54) is 23.1 Å². The summed E-state index contributed by atoms with van der Waals surface area (Å²) in [6.07, 6.45) is 3.12. The number of aryl methyl sites for hydroxylation is 1. The minimum Gasteiger partial charge on any atom is -0.298 e. The van der Waals surface area contributed by atoms with E-state index in [4.69, 9.17) is 0 Å². The minimum atomic E-state index is -0.413. The molecule has 0 radical (unpaired) electrons. The first-order chi connectivity index (χ1) is 10.8. The molecule has 3 nitrogen and oxygen atoms in total. The molecule has 1 heterocycles. The highest BCUT2D eigenvalue weighted by atomic mass is 32.1. The smallest absolute Gasteiger partial charge is 0.257 e. The number of aromatic nitrogens is 1. The molecule has 1 N–H and O–H groups in total. The number of nitrogens with one attached hydrogen (secondary N) is 1. The third-order valence-electron chi connectivity index (χ3n) is 4.47. The number of anilines is 1. The van der Waals surface area contributed by atoms with Crippen molar-refractivity contribution in [2.45, 2.75) is 40.0 Å². The summed E-state index contributed by atoms with van der Waals surface area (Å²) >= 11 is 1.55. The van der Waals surface area contributed by atoms with Crippen LogP contribution in [0.1, 0.15) is 48.1 Å². The van der Waals surface area contributed by atoms with Crippen molar-refractivity contribution in [2.24, 2.45) is 11.3 Å². The van der Waals surface area contributed by atoms with Crippen molar-refractivity contribution in [3.63, 3.8) is 0 Å². The molecule has 1 unspecified atom stereocenters. The highest BCUT2D eigenvalue weighted by Gasteiger charge is 2.30. The Hall–Kier alpha value is -1.75. The zero-order valence-corrected chi connectivity index (χ0v) is 14.5. The summed E-state index contributed by atoms with van der Waals surface area (Å²) in [7, 11) is 0. The van der Waals surface area contributed by atoms with Crippen LogP contribution in [0.4, 0.5) is 9.52 Å². The van der Waals surface area contributed by atoms with Gasteiger partial charge in [0.15, 0.2) is 5.13 Å². The van der Waals surface area contributed by atoms with Crippen LogP contribution in [0, 0.1) is 17.2 Å². The van der Waals surface area contributed by atoms with Crippen molar-refractivity contribution < 1.29 is 9.18 Å². The SMILES string of the molecule is CC(C)(C)C1CCc2nc(NC(=O)c3cccc(F)c3)sc2C1. The first kappa shape index (κ1) is 16.1. The van der Waals surface area contributed by atoms with Crippen molar-refractivity contribution in [1.29, 1.82) is 0 Å². The summed E-state index contributed by atoms with van der Waals surface area (Å²) in [5.74, 6) is -0.0886. The number of benzene rings is 1. The molecule has 23 heavy (non-hydrogen) atoms. The minimum absolute atomic E-state index is 0.284. The van der Waals surface area contributed by atoms with Gasteiger partial charge < -0.3 is 0 Å². The molecule has 5 heteroatoms. The number of carbonyl (C=O) groups is 1. The molecule has 0 aliphatic heterocycles. The lowest BCUT2D eigenvalue weighted by molar-refractivity contribution is 0.102. The van der Waals surface area contributed by atoms with E-state index in [9.17, 15) is 9.18 Å².